The molecule has 3 rings (SSSR count). The maximum absolute atomic E-state index is 11.8. The Balaban J connectivity index is 1.55. The van der Waals surface area contributed by atoms with Crippen LogP contribution in [-0.2, 0) is 19.4 Å². The molecule has 0 aliphatic heterocycles. The summed E-state index contributed by atoms with van der Waals surface area (Å²) in [5.41, 5.74) is 3.00. The molecule has 2 heterocycles. The fourth-order valence-electron chi connectivity index (χ4n) is 2.59. The lowest BCUT2D eigenvalue weighted by Crippen LogP contribution is -2.28. The van der Waals surface area contributed by atoms with Crippen molar-refractivity contribution < 1.29 is 9.32 Å². The topological polar surface area (TPSA) is 73.0 Å². The van der Waals surface area contributed by atoms with E-state index >= 15 is 0 Å². The predicted octanol–water partition coefficient (Wildman–Crippen LogP) is 1.49. The van der Waals surface area contributed by atoms with Crippen molar-refractivity contribution in [2.45, 2.75) is 39.2 Å². The highest BCUT2D eigenvalue weighted by atomic mass is 16.5. The zero-order valence-electron chi connectivity index (χ0n) is 11.6. The van der Waals surface area contributed by atoms with E-state index in [0.717, 1.165) is 12.8 Å². The third kappa shape index (κ3) is 2.59. The molecule has 1 aliphatic carbocycles. The number of rotatable bonds is 4. The van der Waals surface area contributed by atoms with Crippen molar-refractivity contribution in [1.29, 1.82) is 0 Å². The summed E-state index contributed by atoms with van der Waals surface area (Å²) < 4.78 is 6.89. The second-order valence-electron chi connectivity index (χ2n) is 5.13. The number of fused-ring (bicyclic) bond motifs is 1. The van der Waals surface area contributed by atoms with Crippen LogP contribution in [0.25, 0.3) is 0 Å². The van der Waals surface area contributed by atoms with Crippen LogP contribution < -0.4 is 5.32 Å². The third-order valence-corrected chi connectivity index (χ3v) is 3.61. The van der Waals surface area contributed by atoms with Gasteiger partial charge in [0.05, 0.1) is 12.7 Å². The lowest BCUT2D eigenvalue weighted by atomic mass is 9.98. The molecule has 106 valence electrons. The summed E-state index contributed by atoms with van der Waals surface area (Å²) in [5, 5.41) is 10.9. The summed E-state index contributed by atoms with van der Waals surface area (Å²) in [4.78, 5) is 11.8. The first-order valence-corrected chi connectivity index (χ1v) is 6.99. The van der Waals surface area contributed by atoms with Crippen LogP contribution in [0.4, 0.5) is 0 Å². The fraction of sp³-hybridized carbons (Fsp3) is 0.500. The average Bonchev–Trinajstić information content (AvgIpc) is 3.06. The number of carbonyl (C=O) groups excluding carboxylic acids is 1. The first kappa shape index (κ1) is 12.9. The maximum Gasteiger partial charge on any atom is 0.273 e. The summed E-state index contributed by atoms with van der Waals surface area (Å²) in [6, 6.07) is 1.63. The van der Waals surface area contributed by atoms with E-state index < -0.39 is 0 Å². The zero-order chi connectivity index (χ0) is 13.9. The molecule has 2 aromatic rings. The van der Waals surface area contributed by atoms with Crippen LogP contribution in [0.3, 0.4) is 0 Å². The van der Waals surface area contributed by atoms with Gasteiger partial charge in [-0.15, -0.1) is 0 Å². The summed E-state index contributed by atoms with van der Waals surface area (Å²) in [7, 11) is 0. The van der Waals surface area contributed by atoms with Gasteiger partial charge in [-0.05, 0) is 38.2 Å². The molecule has 20 heavy (non-hydrogen) atoms. The Morgan fingerprint density at radius 1 is 1.45 bits per heavy atom. The van der Waals surface area contributed by atoms with Crippen molar-refractivity contribution in [3.05, 3.63) is 35.0 Å². The predicted molar refractivity (Wildman–Crippen MR) is 72.4 cm³/mol. The molecule has 0 atom stereocenters. The van der Waals surface area contributed by atoms with E-state index in [1.807, 2.05) is 10.9 Å². The number of carbonyl (C=O) groups is 1. The van der Waals surface area contributed by atoms with Crippen molar-refractivity contribution in [2.24, 2.45) is 0 Å². The smallest absolute Gasteiger partial charge is 0.273 e. The van der Waals surface area contributed by atoms with E-state index in [1.54, 1.807) is 13.0 Å². The molecule has 2 aromatic heterocycles. The van der Waals surface area contributed by atoms with Crippen molar-refractivity contribution in [3.8, 4) is 0 Å². The quantitative estimate of drug-likeness (QED) is 0.916. The lowest BCUT2D eigenvalue weighted by molar-refractivity contribution is 0.0942. The van der Waals surface area contributed by atoms with Gasteiger partial charge in [0, 0.05) is 18.3 Å². The Hall–Kier alpha value is -2.11. The lowest BCUT2D eigenvalue weighted by Gasteiger charge is -2.13. The van der Waals surface area contributed by atoms with E-state index in [2.05, 4.69) is 15.6 Å². The molecule has 1 aliphatic rings. The second-order valence-corrected chi connectivity index (χ2v) is 5.13. The maximum atomic E-state index is 11.8. The van der Waals surface area contributed by atoms with Crippen LogP contribution in [0.15, 0.2) is 16.8 Å². The molecular weight excluding hydrogens is 256 g/mol. The standard InChI is InChI=1S/C14H18N4O2/c1-10-8-12(17-20-10)14(19)15-6-7-18-13-5-3-2-4-11(13)9-16-18/h8-9H,2-7H2,1H3,(H,15,19). The van der Waals surface area contributed by atoms with Gasteiger partial charge in [0.1, 0.15) is 5.76 Å². The van der Waals surface area contributed by atoms with E-state index in [-0.39, 0.29) is 5.91 Å². The van der Waals surface area contributed by atoms with Gasteiger partial charge in [-0.1, -0.05) is 5.16 Å². The molecular formula is C14H18N4O2. The molecule has 0 radical (unpaired) electrons. The zero-order valence-corrected chi connectivity index (χ0v) is 11.6. The molecule has 0 saturated heterocycles. The number of aryl methyl sites for hydroxylation is 2. The Bertz CT molecular complexity index is 614. The molecule has 0 spiro atoms. The van der Waals surface area contributed by atoms with E-state index in [9.17, 15) is 4.79 Å². The van der Waals surface area contributed by atoms with Gasteiger partial charge in [-0.2, -0.15) is 5.10 Å². The Morgan fingerprint density at radius 2 is 2.30 bits per heavy atom. The van der Waals surface area contributed by atoms with Crippen molar-refractivity contribution in [3.63, 3.8) is 0 Å². The van der Waals surface area contributed by atoms with Gasteiger partial charge in [0.2, 0.25) is 0 Å². The monoisotopic (exact) mass is 274 g/mol. The van der Waals surface area contributed by atoms with Gasteiger partial charge in [0.15, 0.2) is 5.69 Å². The molecule has 0 bridgehead atoms. The van der Waals surface area contributed by atoms with Crippen LogP contribution >= 0.6 is 0 Å². The minimum atomic E-state index is -0.206. The second kappa shape index (κ2) is 5.48. The normalized spacial score (nSPS) is 14.1. The number of amides is 1. The summed E-state index contributed by atoms with van der Waals surface area (Å²) in [5.74, 6) is 0.430. The molecule has 1 amide bonds. The third-order valence-electron chi connectivity index (χ3n) is 3.61. The molecule has 0 unspecified atom stereocenters. The highest BCUT2D eigenvalue weighted by Crippen LogP contribution is 2.20. The number of hydrogen-bond donors (Lipinski definition) is 1. The van der Waals surface area contributed by atoms with Gasteiger partial charge in [0.25, 0.3) is 5.91 Å². The Labute approximate surface area is 117 Å². The minimum absolute atomic E-state index is 0.206. The molecule has 6 nitrogen and oxygen atoms in total. The van der Waals surface area contributed by atoms with Crippen LogP contribution in [0, 0.1) is 6.92 Å². The summed E-state index contributed by atoms with van der Waals surface area (Å²) in [6.45, 7) is 3.00. The van der Waals surface area contributed by atoms with Crippen LogP contribution in [0.2, 0.25) is 0 Å². The van der Waals surface area contributed by atoms with Crippen molar-refractivity contribution >= 4 is 5.91 Å². The van der Waals surface area contributed by atoms with Crippen molar-refractivity contribution in [1.82, 2.24) is 20.3 Å². The van der Waals surface area contributed by atoms with Gasteiger partial charge in [-0.25, -0.2) is 0 Å². The van der Waals surface area contributed by atoms with Crippen LogP contribution in [0.1, 0.15) is 40.3 Å². The van der Waals surface area contributed by atoms with Crippen molar-refractivity contribution in [2.75, 3.05) is 6.54 Å². The SMILES string of the molecule is Cc1cc(C(=O)NCCn2ncc3c2CCCC3)no1. The molecule has 0 saturated carbocycles. The largest absolute Gasteiger partial charge is 0.361 e. The summed E-state index contributed by atoms with van der Waals surface area (Å²) >= 11 is 0. The Kier molecular flexibility index (Phi) is 3.54. The molecule has 0 aromatic carbocycles. The number of aromatic nitrogens is 3. The van der Waals surface area contributed by atoms with E-state index in [0.29, 0.717) is 24.5 Å². The Morgan fingerprint density at radius 3 is 3.10 bits per heavy atom. The first-order chi connectivity index (χ1) is 9.74. The van der Waals surface area contributed by atoms with Gasteiger partial charge in [-0.3, -0.25) is 9.48 Å². The summed E-state index contributed by atoms with van der Waals surface area (Å²) in [6.07, 6.45) is 6.65. The van der Waals surface area contributed by atoms with E-state index in [1.165, 1.54) is 24.1 Å². The van der Waals surface area contributed by atoms with Crippen LogP contribution in [0.5, 0.6) is 0 Å². The highest BCUT2D eigenvalue weighted by Gasteiger charge is 2.15. The van der Waals surface area contributed by atoms with E-state index in [4.69, 9.17) is 4.52 Å². The number of hydrogen-bond acceptors (Lipinski definition) is 4. The number of nitrogens with zero attached hydrogens (tertiary/aromatic N) is 3. The number of nitrogens with one attached hydrogen (secondary N) is 1. The van der Waals surface area contributed by atoms with Gasteiger partial charge >= 0.3 is 0 Å². The van der Waals surface area contributed by atoms with Crippen LogP contribution in [-0.4, -0.2) is 27.4 Å². The molecule has 1 N–H and O–H groups in total. The molecule has 0 fully saturated rings. The van der Waals surface area contributed by atoms with Gasteiger partial charge < -0.3 is 9.84 Å². The average molecular weight is 274 g/mol. The highest BCUT2D eigenvalue weighted by molar-refractivity contribution is 5.92. The first-order valence-electron chi connectivity index (χ1n) is 6.99. The minimum Gasteiger partial charge on any atom is -0.361 e. The fourth-order valence-corrected chi connectivity index (χ4v) is 2.59. The molecule has 6 heteroatoms.